The number of halogens is 4. The summed E-state index contributed by atoms with van der Waals surface area (Å²) >= 11 is 5.82. The highest BCUT2D eigenvalue weighted by molar-refractivity contribution is 7.92. The maximum Gasteiger partial charge on any atom is 0.314 e. The second kappa shape index (κ2) is 7.80. The summed E-state index contributed by atoms with van der Waals surface area (Å²) in [5.41, 5.74) is 0.477. The molecule has 0 radical (unpaired) electrons. The summed E-state index contributed by atoms with van der Waals surface area (Å²) in [4.78, 5) is 0. The molecule has 3 rings (SSSR count). The summed E-state index contributed by atoms with van der Waals surface area (Å²) < 4.78 is 69.7. The Balaban J connectivity index is 1.90. The van der Waals surface area contributed by atoms with Crippen LogP contribution in [0.4, 0.5) is 18.9 Å². The van der Waals surface area contributed by atoms with Crippen molar-refractivity contribution in [2.45, 2.75) is 13.0 Å². The van der Waals surface area contributed by atoms with Crippen LogP contribution in [-0.2, 0) is 16.6 Å². The van der Waals surface area contributed by atoms with Crippen molar-refractivity contribution in [1.82, 2.24) is 10.2 Å². The standard InChI is InChI=1S/C17H13ClF3N3O3S/c1-28(25,26)24(13-6-4-12(18)5-7-13)9-11-3-2-10(8-14(11)19)16-22-23-17(27-16)15(20)21/h2-8,15H,9H2,1H3. The first-order valence-corrected chi connectivity index (χ1v) is 10.0. The van der Waals surface area contributed by atoms with E-state index in [4.69, 9.17) is 16.0 Å². The Morgan fingerprint density at radius 3 is 2.36 bits per heavy atom. The predicted molar refractivity (Wildman–Crippen MR) is 97.1 cm³/mol. The number of benzene rings is 2. The third-order valence-electron chi connectivity index (χ3n) is 3.76. The molecule has 1 aromatic heterocycles. The van der Waals surface area contributed by atoms with E-state index in [-0.39, 0.29) is 23.6 Å². The molecule has 0 bridgehead atoms. The van der Waals surface area contributed by atoms with Gasteiger partial charge < -0.3 is 4.42 Å². The average molecular weight is 432 g/mol. The van der Waals surface area contributed by atoms with Gasteiger partial charge in [0.1, 0.15) is 5.82 Å². The van der Waals surface area contributed by atoms with E-state index >= 15 is 0 Å². The first-order chi connectivity index (χ1) is 13.1. The molecule has 0 aliphatic carbocycles. The van der Waals surface area contributed by atoms with Crippen LogP contribution in [0.2, 0.25) is 5.02 Å². The molecular formula is C17H13ClF3N3O3S. The van der Waals surface area contributed by atoms with Crippen molar-refractivity contribution >= 4 is 27.3 Å². The molecule has 0 amide bonds. The predicted octanol–water partition coefficient (Wildman–Crippen LogP) is 4.43. The number of rotatable bonds is 6. The maximum atomic E-state index is 14.5. The van der Waals surface area contributed by atoms with E-state index in [1.807, 2.05) is 0 Å². The molecule has 0 unspecified atom stereocenters. The van der Waals surface area contributed by atoms with Crippen LogP contribution in [0.5, 0.6) is 0 Å². The second-order valence-electron chi connectivity index (χ2n) is 5.80. The van der Waals surface area contributed by atoms with E-state index in [9.17, 15) is 21.6 Å². The van der Waals surface area contributed by atoms with Crippen LogP contribution < -0.4 is 4.31 Å². The largest absolute Gasteiger partial charge is 0.415 e. The third-order valence-corrected chi connectivity index (χ3v) is 5.15. The first kappa shape index (κ1) is 20.2. The minimum absolute atomic E-state index is 0.0673. The average Bonchev–Trinajstić information content (AvgIpc) is 3.11. The molecule has 0 saturated carbocycles. The Bertz CT molecular complexity index is 1090. The molecule has 0 aliphatic rings. The fourth-order valence-corrected chi connectivity index (χ4v) is 3.41. The Kier molecular flexibility index (Phi) is 5.61. The molecule has 11 heteroatoms. The summed E-state index contributed by atoms with van der Waals surface area (Å²) in [6.07, 6.45) is -1.94. The molecule has 28 heavy (non-hydrogen) atoms. The molecule has 0 fully saturated rings. The minimum atomic E-state index is -3.71. The number of hydrogen-bond acceptors (Lipinski definition) is 5. The lowest BCUT2D eigenvalue weighted by Gasteiger charge is -2.23. The van der Waals surface area contributed by atoms with Gasteiger partial charge in [-0.15, -0.1) is 10.2 Å². The van der Waals surface area contributed by atoms with Crippen LogP contribution in [0.15, 0.2) is 46.9 Å². The van der Waals surface area contributed by atoms with Crippen LogP contribution in [0.3, 0.4) is 0 Å². The SMILES string of the molecule is CS(=O)(=O)N(Cc1ccc(-c2nnc(C(F)F)o2)cc1F)c1ccc(Cl)cc1. The Morgan fingerprint density at radius 1 is 1.14 bits per heavy atom. The van der Waals surface area contributed by atoms with Gasteiger partial charge in [0.2, 0.25) is 15.9 Å². The van der Waals surface area contributed by atoms with Gasteiger partial charge in [0.15, 0.2) is 0 Å². The molecule has 0 saturated heterocycles. The molecular weight excluding hydrogens is 419 g/mol. The zero-order valence-corrected chi connectivity index (χ0v) is 15.9. The zero-order chi connectivity index (χ0) is 20.5. The van der Waals surface area contributed by atoms with Crippen molar-refractivity contribution in [3.05, 3.63) is 64.8 Å². The molecule has 0 atom stereocenters. The van der Waals surface area contributed by atoms with Crippen LogP contribution >= 0.6 is 11.6 Å². The lowest BCUT2D eigenvalue weighted by Crippen LogP contribution is -2.29. The van der Waals surface area contributed by atoms with Gasteiger partial charge in [0.25, 0.3) is 5.89 Å². The third kappa shape index (κ3) is 4.45. The lowest BCUT2D eigenvalue weighted by molar-refractivity contribution is 0.116. The van der Waals surface area contributed by atoms with Gasteiger partial charge in [-0.2, -0.15) is 8.78 Å². The number of sulfonamides is 1. The van der Waals surface area contributed by atoms with E-state index in [0.717, 1.165) is 16.6 Å². The van der Waals surface area contributed by atoms with Crippen LogP contribution in [-0.4, -0.2) is 24.9 Å². The summed E-state index contributed by atoms with van der Waals surface area (Å²) in [6.45, 7) is -0.279. The molecule has 6 nitrogen and oxygen atoms in total. The van der Waals surface area contributed by atoms with Gasteiger partial charge in [0.05, 0.1) is 18.5 Å². The highest BCUT2D eigenvalue weighted by Crippen LogP contribution is 2.27. The molecule has 0 aliphatic heterocycles. The quantitative estimate of drug-likeness (QED) is 0.577. The van der Waals surface area contributed by atoms with E-state index in [1.165, 1.54) is 36.4 Å². The molecule has 0 N–H and O–H groups in total. The van der Waals surface area contributed by atoms with Gasteiger partial charge in [-0.3, -0.25) is 4.31 Å². The molecule has 2 aromatic carbocycles. The molecule has 1 heterocycles. The van der Waals surface area contributed by atoms with Crippen molar-refractivity contribution < 1.29 is 26.0 Å². The summed E-state index contributed by atoms with van der Waals surface area (Å²) in [5, 5.41) is 7.06. The van der Waals surface area contributed by atoms with Crippen LogP contribution in [0.25, 0.3) is 11.5 Å². The fraction of sp³-hybridized carbons (Fsp3) is 0.176. The lowest BCUT2D eigenvalue weighted by atomic mass is 10.1. The molecule has 3 aromatic rings. The molecule has 148 valence electrons. The van der Waals surface area contributed by atoms with Crippen molar-refractivity contribution in [2.24, 2.45) is 0 Å². The van der Waals surface area contributed by atoms with Crippen LogP contribution in [0, 0.1) is 5.82 Å². The van der Waals surface area contributed by atoms with Gasteiger partial charge in [-0.25, -0.2) is 12.8 Å². The number of anilines is 1. The smallest absolute Gasteiger partial charge is 0.314 e. The summed E-state index contributed by atoms with van der Waals surface area (Å²) in [5.74, 6) is -1.89. The Labute approximate surface area is 163 Å². The number of alkyl halides is 2. The van der Waals surface area contributed by atoms with Gasteiger partial charge in [0, 0.05) is 16.1 Å². The van der Waals surface area contributed by atoms with Gasteiger partial charge >= 0.3 is 6.43 Å². The monoisotopic (exact) mass is 431 g/mol. The first-order valence-electron chi connectivity index (χ1n) is 7.79. The Hall–Kier alpha value is -2.59. The second-order valence-corrected chi connectivity index (χ2v) is 8.14. The Morgan fingerprint density at radius 2 is 1.82 bits per heavy atom. The van der Waals surface area contributed by atoms with Crippen molar-refractivity contribution in [2.75, 3.05) is 10.6 Å². The number of hydrogen-bond donors (Lipinski definition) is 0. The van der Waals surface area contributed by atoms with Crippen molar-refractivity contribution in [3.8, 4) is 11.5 Å². The normalized spacial score (nSPS) is 11.8. The van der Waals surface area contributed by atoms with Crippen molar-refractivity contribution in [1.29, 1.82) is 0 Å². The van der Waals surface area contributed by atoms with E-state index < -0.39 is 28.2 Å². The summed E-state index contributed by atoms with van der Waals surface area (Å²) in [6, 6.07) is 9.75. The maximum absolute atomic E-state index is 14.5. The van der Waals surface area contributed by atoms with Gasteiger partial charge in [-0.05, 0) is 36.4 Å². The van der Waals surface area contributed by atoms with E-state index in [1.54, 1.807) is 0 Å². The number of aromatic nitrogens is 2. The highest BCUT2D eigenvalue weighted by atomic mass is 35.5. The topological polar surface area (TPSA) is 76.3 Å². The zero-order valence-electron chi connectivity index (χ0n) is 14.3. The fourth-order valence-electron chi connectivity index (χ4n) is 2.41. The van der Waals surface area contributed by atoms with Crippen LogP contribution in [0.1, 0.15) is 17.9 Å². The van der Waals surface area contributed by atoms with E-state index in [0.29, 0.717) is 10.7 Å². The van der Waals surface area contributed by atoms with E-state index in [2.05, 4.69) is 10.2 Å². The molecule has 0 spiro atoms. The summed E-state index contributed by atoms with van der Waals surface area (Å²) in [7, 11) is -3.71. The minimum Gasteiger partial charge on any atom is -0.415 e. The van der Waals surface area contributed by atoms with Crippen molar-refractivity contribution in [3.63, 3.8) is 0 Å². The highest BCUT2D eigenvalue weighted by Gasteiger charge is 2.21. The van der Waals surface area contributed by atoms with Gasteiger partial charge in [-0.1, -0.05) is 17.7 Å². The number of nitrogens with zero attached hydrogens (tertiary/aromatic N) is 3.